The number of rotatable bonds is 11. The number of aromatic nitrogens is 2. The first kappa shape index (κ1) is 50.8. The third-order valence-electron chi connectivity index (χ3n) is 14.4. The smallest absolute Gasteiger partial charge is 0.324 e. The fraction of sp³-hybridized carbons (Fsp3) is 0.604. The number of hydrogen-bond donors (Lipinski definition) is 2. The molecule has 2 unspecified atom stereocenters. The minimum absolute atomic E-state index is 0.0988. The van der Waals surface area contributed by atoms with Crippen molar-refractivity contribution < 1.29 is 33.4 Å². The van der Waals surface area contributed by atoms with E-state index in [9.17, 15) is 19.2 Å². The summed E-state index contributed by atoms with van der Waals surface area (Å²) in [5.41, 5.74) is 9.77. The molecule has 7 rings (SSSR count). The average Bonchev–Trinajstić information content (AvgIpc) is 3.60. The lowest BCUT2D eigenvalue weighted by molar-refractivity contribution is -0.156. The first-order valence-corrected chi connectivity index (χ1v) is 24.5. The second-order valence-corrected chi connectivity index (χ2v) is 20.9. The molecule has 0 radical (unpaired) electrons. The lowest BCUT2D eigenvalue weighted by atomic mass is 9.84. The normalized spacial score (nSPS) is 22.4. The van der Waals surface area contributed by atoms with E-state index >= 15 is 0 Å². The molecular weight excluding hydrogens is 861 g/mol. The van der Waals surface area contributed by atoms with E-state index in [-0.39, 0.29) is 55.6 Å². The van der Waals surface area contributed by atoms with Gasteiger partial charge in [0, 0.05) is 81.0 Å². The lowest BCUT2D eigenvalue weighted by Gasteiger charge is -2.39. The fourth-order valence-electron chi connectivity index (χ4n) is 9.50. The van der Waals surface area contributed by atoms with Crippen molar-refractivity contribution in [3.63, 3.8) is 0 Å². The number of cyclic esters (lactones) is 1. The van der Waals surface area contributed by atoms with Gasteiger partial charge in [0.1, 0.15) is 12.1 Å². The van der Waals surface area contributed by atoms with Crippen molar-refractivity contribution in [2.24, 2.45) is 17.3 Å². The summed E-state index contributed by atoms with van der Waals surface area (Å²) in [5, 5.41) is 5.79. The molecule has 0 aliphatic carbocycles. The predicted octanol–water partition coefficient (Wildman–Crippen LogP) is 5.47. The number of fused-ring (bicyclic) bond motifs is 6. The van der Waals surface area contributed by atoms with Gasteiger partial charge in [0.25, 0.3) is 11.8 Å². The molecule has 5 atom stereocenters. The van der Waals surface area contributed by atoms with Crippen LogP contribution in [0.4, 0.5) is 0 Å². The maximum Gasteiger partial charge on any atom is 0.324 e. The number of nitrogens with one attached hydrogen (secondary N) is 2. The number of aryl methyl sites for hydroxylation is 1. The number of methoxy groups -OCH3 is 1. The molecule has 4 aliphatic heterocycles. The van der Waals surface area contributed by atoms with Gasteiger partial charge in [0.15, 0.2) is 0 Å². The molecule has 0 spiro atoms. The molecule has 15 nitrogen and oxygen atoms in total. The topological polar surface area (TPSA) is 151 Å². The number of likely N-dealkylation sites (tertiary alicyclic amines) is 1. The van der Waals surface area contributed by atoms with E-state index < -0.39 is 34.9 Å². The fourth-order valence-corrected chi connectivity index (χ4v) is 9.50. The molecule has 2 N–H and O–H groups in total. The van der Waals surface area contributed by atoms with Crippen LogP contribution < -0.4 is 10.7 Å². The number of hydrazine groups is 1. The average molecular weight is 935 g/mol. The van der Waals surface area contributed by atoms with Gasteiger partial charge in [-0.3, -0.25) is 39.0 Å². The molecule has 68 heavy (non-hydrogen) atoms. The summed E-state index contributed by atoms with van der Waals surface area (Å²) in [4.78, 5) is 66.5. The Hall–Kier alpha value is -5.11. The molecule has 1 aromatic carbocycles. The molecule has 3 amide bonds. The van der Waals surface area contributed by atoms with Crippen LogP contribution in [0.2, 0.25) is 0 Å². The van der Waals surface area contributed by atoms with Crippen molar-refractivity contribution in [3.05, 3.63) is 59.4 Å². The number of pyridine rings is 1. The van der Waals surface area contributed by atoms with Crippen molar-refractivity contribution in [1.82, 2.24) is 40.0 Å². The number of esters is 1. The van der Waals surface area contributed by atoms with Gasteiger partial charge in [-0.25, -0.2) is 5.43 Å². The van der Waals surface area contributed by atoms with Gasteiger partial charge < -0.3 is 29.0 Å². The third-order valence-corrected chi connectivity index (χ3v) is 14.4. The Balaban J connectivity index is 1.17. The minimum atomic E-state index is -0.914. The molecule has 6 bridgehead atoms. The number of ether oxygens (including phenoxy) is 3. The number of benzene rings is 1. The highest BCUT2D eigenvalue weighted by atomic mass is 16.5. The molecule has 15 heteroatoms. The highest BCUT2D eigenvalue weighted by Crippen LogP contribution is 2.41. The zero-order valence-corrected chi connectivity index (χ0v) is 42.2. The van der Waals surface area contributed by atoms with E-state index in [0.29, 0.717) is 52.0 Å². The van der Waals surface area contributed by atoms with Gasteiger partial charge in [-0.05, 0) is 120 Å². The standard InChI is InChI=1S/C53H74N8O7/c1-12-60-45-20-19-36-26-40(45)41(48(60)39-17-13-23-54-47(39)35(4)66-11)27-52(5,6)33-68-51(65)43-18-15-25-61(56-43)50(64)44(31-58-24-14-16-37(36)28-58)55-49(63)42(34(2)3)32-67-38-29-59(30-38)46(62)21-22-53(7,8)57(9)10/h13,16-17,19-20,23,26,34-35,38,42-44,56H,12,14-15,18,24-25,27-33H2,1-11H3,(H,55,63)/t35-,42?,43-,44-/m0/s1. The van der Waals surface area contributed by atoms with E-state index in [1.165, 1.54) is 5.01 Å². The van der Waals surface area contributed by atoms with E-state index in [4.69, 9.17) is 19.2 Å². The van der Waals surface area contributed by atoms with Crippen LogP contribution >= 0.6 is 0 Å². The Morgan fingerprint density at radius 2 is 1.87 bits per heavy atom. The van der Waals surface area contributed by atoms with Crippen LogP contribution in [0.1, 0.15) is 97.6 Å². The van der Waals surface area contributed by atoms with Crippen molar-refractivity contribution >= 4 is 40.2 Å². The Kier molecular flexibility index (Phi) is 15.9. The molecule has 0 saturated carbocycles. The summed E-state index contributed by atoms with van der Waals surface area (Å²) >= 11 is 0. The lowest BCUT2D eigenvalue weighted by Crippen LogP contribution is -2.62. The van der Waals surface area contributed by atoms with E-state index in [1.54, 1.807) is 12.0 Å². The quantitative estimate of drug-likeness (QED) is 0.186. The summed E-state index contributed by atoms with van der Waals surface area (Å²) in [7, 11) is 5.56. The first-order valence-electron chi connectivity index (χ1n) is 24.5. The SMILES string of the molecule is CCn1c(-c2cccnc2[C@H](C)OC)c2c3cc(ccc31)C1=CCCN(C1)C[C@H](NC(=O)C(COC1CN(C(=O)C#CC(C)(C)N(C)C)C1)C(C)C)C(=O)N1CCC[C@H](N1)C(=O)OCC(C)(C)C2. The van der Waals surface area contributed by atoms with Crippen LogP contribution in [0.25, 0.3) is 27.7 Å². The highest BCUT2D eigenvalue weighted by Gasteiger charge is 2.39. The van der Waals surface area contributed by atoms with Crippen molar-refractivity contribution in [3.8, 4) is 23.1 Å². The maximum atomic E-state index is 14.7. The van der Waals surface area contributed by atoms with Crippen LogP contribution in [0.5, 0.6) is 0 Å². The Labute approximate surface area is 403 Å². The number of carbonyl (C=O) groups excluding carboxylic acids is 4. The first-order chi connectivity index (χ1) is 32.3. The summed E-state index contributed by atoms with van der Waals surface area (Å²) in [6.45, 7) is 20.1. The van der Waals surface area contributed by atoms with E-state index in [0.717, 1.165) is 57.5 Å². The zero-order valence-electron chi connectivity index (χ0n) is 42.2. The second-order valence-electron chi connectivity index (χ2n) is 20.9. The van der Waals surface area contributed by atoms with Gasteiger partial charge in [-0.1, -0.05) is 45.8 Å². The Bertz CT molecular complexity index is 2440. The molecule has 2 aromatic heterocycles. The van der Waals surface area contributed by atoms with Crippen molar-refractivity contribution in [1.29, 1.82) is 0 Å². The molecule has 3 aromatic rings. The monoisotopic (exact) mass is 935 g/mol. The highest BCUT2D eigenvalue weighted by molar-refractivity contribution is 5.95. The van der Waals surface area contributed by atoms with Crippen LogP contribution in [0, 0.1) is 29.1 Å². The minimum Gasteiger partial charge on any atom is -0.464 e. The van der Waals surface area contributed by atoms with Gasteiger partial charge in [-0.2, -0.15) is 0 Å². The van der Waals surface area contributed by atoms with Crippen molar-refractivity contribution in [2.45, 2.75) is 117 Å². The summed E-state index contributed by atoms with van der Waals surface area (Å²) < 4.78 is 20.6. The Morgan fingerprint density at radius 3 is 2.57 bits per heavy atom. The molecule has 2 fully saturated rings. The second kappa shape index (κ2) is 21.3. The van der Waals surface area contributed by atoms with E-state index in [1.807, 2.05) is 65.9 Å². The molecule has 4 aliphatic rings. The summed E-state index contributed by atoms with van der Waals surface area (Å²) in [6, 6.07) is 9.16. The molecular formula is C53H74N8O7. The van der Waals surface area contributed by atoms with Crippen LogP contribution in [0.3, 0.4) is 0 Å². The van der Waals surface area contributed by atoms with Crippen molar-refractivity contribution in [2.75, 3.05) is 73.7 Å². The summed E-state index contributed by atoms with van der Waals surface area (Å²) in [6.07, 6.45) is 6.15. The number of nitrogens with zero attached hydrogens (tertiary/aromatic N) is 6. The third kappa shape index (κ3) is 11.3. The van der Waals surface area contributed by atoms with Gasteiger partial charge in [0.2, 0.25) is 5.91 Å². The largest absolute Gasteiger partial charge is 0.464 e. The Morgan fingerprint density at radius 1 is 1.10 bits per heavy atom. The molecule has 368 valence electrons. The van der Waals surface area contributed by atoms with Crippen LogP contribution in [-0.4, -0.2) is 150 Å². The van der Waals surface area contributed by atoms with Gasteiger partial charge >= 0.3 is 5.97 Å². The number of hydrogen-bond acceptors (Lipinski definition) is 11. The van der Waals surface area contributed by atoms with Crippen LogP contribution in [0.15, 0.2) is 42.6 Å². The van der Waals surface area contributed by atoms with E-state index in [2.05, 4.69) is 83.2 Å². The predicted molar refractivity (Wildman–Crippen MR) is 264 cm³/mol. The number of amides is 3. The van der Waals surface area contributed by atoms with Gasteiger partial charge in [0.05, 0.1) is 48.3 Å². The zero-order chi connectivity index (χ0) is 49.1. The molecule has 2 saturated heterocycles. The summed E-state index contributed by atoms with van der Waals surface area (Å²) in [5.74, 6) is 3.93. The number of carbonyl (C=O) groups is 4. The molecule has 6 heterocycles. The maximum absolute atomic E-state index is 14.7. The van der Waals surface area contributed by atoms with Gasteiger partial charge in [-0.15, -0.1) is 0 Å². The van der Waals surface area contributed by atoms with Crippen LogP contribution in [-0.2, 0) is 46.4 Å².